The maximum Gasteiger partial charge on any atom is 0.283 e. The smallest absolute Gasteiger partial charge is 0.283 e. The van der Waals surface area contributed by atoms with Gasteiger partial charge >= 0.3 is 0 Å². The summed E-state index contributed by atoms with van der Waals surface area (Å²) in [6.45, 7) is 6.58. The fourth-order valence-corrected chi connectivity index (χ4v) is 2.17. The average molecular weight is 318 g/mol. The Balaban J connectivity index is 2.81. The Kier molecular flexibility index (Phi) is 5.34. The minimum atomic E-state index is -0.784. The summed E-state index contributed by atoms with van der Waals surface area (Å²) in [5, 5.41) is 17.1. The van der Waals surface area contributed by atoms with Crippen molar-refractivity contribution in [2.24, 2.45) is 0 Å². The number of rotatable bonds is 6. The summed E-state index contributed by atoms with van der Waals surface area (Å²) in [7, 11) is 0. The van der Waals surface area contributed by atoms with Gasteiger partial charge in [0.1, 0.15) is 4.47 Å². The number of anilines is 1. The van der Waals surface area contributed by atoms with Crippen molar-refractivity contribution in [2.45, 2.75) is 45.8 Å². The molecule has 1 atom stereocenters. The van der Waals surface area contributed by atoms with Crippen molar-refractivity contribution in [3.05, 3.63) is 21.0 Å². The third-order valence-corrected chi connectivity index (χ3v) is 3.50. The fraction of sp³-hybridized carbons (Fsp3) is 0.667. The molecular formula is C12H20BrN3O2. The van der Waals surface area contributed by atoms with Crippen LogP contribution in [0.25, 0.3) is 0 Å². The molecule has 0 amide bonds. The van der Waals surface area contributed by atoms with Crippen LogP contribution in [0.5, 0.6) is 0 Å². The lowest BCUT2D eigenvalue weighted by molar-refractivity contribution is 0.0636. The van der Waals surface area contributed by atoms with Crippen molar-refractivity contribution in [3.63, 3.8) is 0 Å². The first kappa shape index (κ1) is 15.2. The Labute approximate surface area is 115 Å². The number of aryl methyl sites for hydroxylation is 1. The molecule has 0 aromatic carbocycles. The van der Waals surface area contributed by atoms with Crippen molar-refractivity contribution >= 4 is 21.6 Å². The first-order valence-corrected chi connectivity index (χ1v) is 6.92. The molecule has 2 N–H and O–H groups in total. The summed E-state index contributed by atoms with van der Waals surface area (Å²) >= 11 is 3.26. The molecule has 0 spiro atoms. The molecule has 5 nitrogen and oxygen atoms in total. The number of hydrogen-bond donors (Lipinski definition) is 2. The Hall–Kier alpha value is -0.880. The number of nitrogens with zero attached hydrogens (tertiary/aromatic N) is 2. The minimum absolute atomic E-state index is 0.169. The molecule has 1 rings (SSSR count). The molecule has 0 saturated heterocycles. The van der Waals surface area contributed by atoms with E-state index in [1.165, 1.54) is 4.68 Å². The summed E-state index contributed by atoms with van der Waals surface area (Å²) in [6.07, 6.45) is 3.21. The highest BCUT2D eigenvalue weighted by molar-refractivity contribution is 9.10. The molecule has 1 aromatic heterocycles. The van der Waals surface area contributed by atoms with E-state index < -0.39 is 5.60 Å². The van der Waals surface area contributed by atoms with Gasteiger partial charge in [0, 0.05) is 13.1 Å². The van der Waals surface area contributed by atoms with Gasteiger partial charge in [-0.15, -0.1) is 0 Å². The van der Waals surface area contributed by atoms with Crippen molar-refractivity contribution in [1.82, 2.24) is 9.78 Å². The van der Waals surface area contributed by atoms with Gasteiger partial charge in [-0.2, -0.15) is 5.10 Å². The predicted molar refractivity (Wildman–Crippen MR) is 75.9 cm³/mol. The van der Waals surface area contributed by atoms with Crippen LogP contribution in [0.15, 0.2) is 15.5 Å². The highest BCUT2D eigenvalue weighted by Crippen LogP contribution is 2.19. The lowest BCUT2D eigenvalue weighted by Crippen LogP contribution is -2.34. The van der Waals surface area contributed by atoms with E-state index in [2.05, 4.69) is 26.3 Å². The topological polar surface area (TPSA) is 67.2 Å². The van der Waals surface area contributed by atoms with Crippen LogP contribution in [0.4, 0.5) is 5.69 Å². The molecular weight excluding hydrogens is 298 g/mol. The van der Waals surface area contributed by atoms with Gasteiger partial charge in [-0.1, -0.05) is 13.3 Å². The van der Waals surface area contributed by atoms with Gasteiger partial charge in [-0.05, 0) is 36.2 Å². The van der Waals surface area contributed by atoms with E-state index in [1.807, 2.05) is 13.8 Å². The van der Waals surface area contributed by atoms with Crippen LogP contribution >= 0.6 is 15.9 Å². The lowest BCUT2D eigenvalue weighted by Gasteiger charge is -2.23. The van der Waals surface area contributed by atoms with Gasteiger partial charge in [0.25, 0.3) is 5.56 Å². The van der Waals surface area contributed by atoms with Gasteiger partial charge in [-0.25, -0.2) is 4.68 Å². The number of aromatic nitrogens is 2. The Morgan fingerprint density at radius 2 is 2.22 bits per heavy atom. The molecule has 0 aliphatic rings. The molecule has 0 aliphatic heterocycles. The molecule has 1 heterocycles. The molecule has 18 heavy (non-hydrogen) atoms. The third-order valence-electron chi connectivity index (χ3n) is 2.73. The van der Waals surface area contributed by atoms with Gasteiger partial charge in [-0.3, -0.25) is 4.79 Å². The number of halogens is 1. The summed E-state index contributed by atoms with van der Waals surface area (Å²) in [5.41, 5.74) is -0.341. The molecule has 102 valence electrons. The Morgan fingerprint density at radius 1 is 1.56 bits per heavy atom. The molecule has 0 fully saturated rings. The number of nitrogens with one attached hydrogen (secondary N) is 1. The maximum atomic E-state index is 11.8. The average Bonchev–Trinajstić information content (AvgIpc) is 2.31. The molecule has 0 bridgehead atoms. The van der Waals surface area contributed by atoms with Crippen LogP contribution in [-0.4, -0.2) is 27.0 Å². The number of hydrogen-bond acceptors (Lipinski definition) is 4. The number of aliphatic hydroxyl groups is 1. The Bertz CT molecular complexity index is 457. The molecule has 1 unspecified atom stereocenters. The van der Waals surface area contributed by atoms with E-state index in [0.717, 1.165) is 6.42 Å². The quantitative estimate of drug-likeness (QED) is 0.842. The molecule has 1 aromatic rings. The highest BCUT2D eigenvalue weighted by atomic mass is 79.9. The van der Waals surface area contributed by atoms with E-state index in [9.17, 15) is 9.90 Å². The van der Waals surface area contributed by atoms with Gasteiger partial charge in [0.15, 0.2) is 0 Å². The second-order valence-electron chi connectivity index (χ2n) is 4.59. The van der Waals surface area contributed by atoms with Gasteiger partial charge < -0.3 is 10.4 Å². The molecule has 0 radical (unpaired) electrons. The van der Waals surface area contributed by atoms with Crippen molar-refractivity contribution < 1.29 is 5.11 Å². The molecule has 0 saturated carbocycles. The van der Waals surface area contributed by atoms with Crippen LogP contribution in [0, 0.1) is 0 Å². The van der Waals surface area contributed by atoms with Crippen molar-refractivity contribution in [2.75, 3.05) is 11.9 Å². The van der Waals surface area contributed by atoms with Crippen LogP contribution in [0.3, 0.4) is 0 Å². The lowest BCUT2D eigenvalue weighted by atomic mass is 10.0. The van der Waals surface area contributed by atoms with Crippen molar-refractivity contribution in [1.29, 1.82) is 0 Å². The predicted octanol–water partition coefficient (Wildman–Crippen LogP) is 1.99. The summed E-state index contributed by atoms with van der Waals surface area (Å²) < 4.78 is 1.83. The van der Waals surface area contributed by atoms with E-state index in [1.54, 1.807) is 13.1 Å². The second-order valence-corrected chi connectivity index (χ2v) is 5.39. The first-order chi connectivity index (χ1) is 8.41. The van der Waals surface area contributed by atoms with E-state index in [4.69, 9.17) is 0 Å². The molecule has 6 heteroatoms. The molecule has 0 aliphatic carbocycles. The van der Waals surface area contributed by atoms with Crippen LogP contribution in [-0.2, 0) is 6.54 Å². The zero-order chi connectivity index (χ0) is 13.8. The highest BCUT2D eigenvalue weighted by Gasteiger charge is 2.19. The maximum absolute atomic E-state index is 11.8. The van der Waals surface area contributed by atoms with Crippen LogP contribution in [0.1, 0.15) is 33.6 Å². The van der Waals surface area contributed by atoms with Crippen molar-refractivity contribution in [3.8, 4) is 0 Å². The van der Waals surface area contributed by atoms with Crippen LogP contribution in [0.2, 0.25) is 0 Å². The summed E-state index contributed by atoms with van der Waals surface area (Å²) in [6, 6.07) is 0. The van der Waals surface area contributed by atoms with E-state index in [0.29, 0.717) is 29.7 Å². The van der Waals surface area contributed by atoms with Crippen LogP contribution < -0.4 is 10.9 Å². The summed E-state index contributed by atoms with van der Waals surface area (Å²) in [5.74, 6) is 0. The van der Waals surface area contributed by atoms with Gasteiger partial charge in [0.05, 0.1) is 17.5 Å². The monoisotopic (exact) mass is 317 g/mol. The standard InChI is InChI=1S/C12H20BrN3O2/c1-4-6-12(3,18)8-14-9-7-15-16(5-2)11(17)10(9)13/h7,14,18H,4-6,8H2,1-3H3. The summed E-state index contributed by atoms with van der Waals surface area (Å²) in [4.78, 5) is 11.8. The third kappa shape index (κ3) is 3.81. The first-order valence-electron chi connectivity index (χ1n) is 6.13. The fourth-order valence-electron chi connectivity index (χ4n) is 1.73. The largest absolute Gasteiger partial charge is 0.388 e. The second kappa shape index (κ2) is 6.33. The minimum Gasteiger partial charge on any atom is -0.388 e. The van der Waals surface area contributed by atoms with Gasteiger partial charge in [0.2, 0.25) is 0 Å². The zero-order valence-corrected chi connectivity index (χ0v) is 12.6. The van der Waals surface area contributed by atoms with E-state index >= 15 is 0 Å². The Morgan fingerprint density at radius 3 is 2.78 bits per heavy atom. The normalized spacial score (nSPS) is 14.3. The van der Waals surface area contributed by atoms with E-state index in [-0.39, 0.29) is 5.56 Å². The zero-order valence-electron chi connectivity index (χ0n) is 11.0. The SMILES string of the molecule is CCCC(C)(O)CNc1cnn(CC)c(=O)c1Br.